The van der Waals surface area contributed by atoms with E-state index in [0.717, 1.165) is 5.69 Å². The molecule has 0 bridgehead atoms. The third-order valence-corrected chi connectivity index (χ3v) is 2.92. The van der Waals surface area contributed by atoms with Crippen LogP contribution in [0.25, 0.3) is 10.8 Å². The lowest BCUT2D eigenvalue weighted by molar-refractivity contribution is 1.22. The molecule has 0 radical (unpaired) electrons. The largest absolute Gasteiger partial charge is 0.285 e. The van der Waals surface area contributed by atoms with Gasteiger partial charge >= 0.3 is 0 Å². The van der Waals surface area contributed by atoms with Gasteiger partial charge in [0, 0.05) is 10.8 Å². The Morgan fingerprint density at radius 3 is 2.11 bits per heavy atom. The van der Waals surface area contributed by atoms with E-state index in [4.69, 9.17) is 0 Å². The SMILES string of the molecule is O=c1c(=O)c2ccccc2/c1=N\Nc1ccccc1. The zero-order valence-corrected chi connectivity index (χ0v) is 9.96. The van der Waals surface area contributed by atoms with Crippen LogP contribution in [0, 0.1) is 0 Å². The predicted molar refractivity (Wildman–Crippen MR) is 74.5 cm³/mol. The van der Waals surface area contributed by atoms with Gasteiger partial charge in [-0.15, -0.1) is 0 Å². The van der Waals surface area contributed by atoms with Gasteiger partial charge in [-0.25, -0.2) is 0 Å². The van der Waals surface area contributed by atoms with Crippen molar-refractivity contribution in [1.82, 2.24) is 0 Å². The molecule has 0 amide bonds. The fourth-order valence-electron chi connectivity index (χ4n) is 1.98. The maximum atomic E-state index is 11.9. The molecule has 0 aliphatic rings. The van der Waals surface area contributed by atoms with Gasteiger partial charge in [-0.2, -0.15) is 5.10 Å². The second-order valence-electron chi connectivity index (χ2n) is 4.14. The maximum Gasteiger partial charge on any atom is 0.254 e. The second-order valence-corrected chi connectivity index (χ2v) is 4.14. The highest BCUT2D eigenvalue weighted by molar-refractivity contribution is 5.83. The monoisotopic (exact) mass is 250 g/mol. The Morgan fingerprint density at radius 2 is 1.37 bits per heavy atom. The van der Waals surface area contributed by atoms with E-state index in [1.165, 1.54) is 0 Å². The molecular formula is C15H10N2O2. The molecule has 3 aromatic carbocycles. The van der Waals surface area contributed by atoms with Gasteiger partial charge in [-0.05, 0) is 12.1 Å². The summed E-state index contributed by atoms with van der Waals surface area (Å²) in [5.41, 5.74) is 2.50. The van der Waals surface area contributed by atoms with E-state index < -0.39 is 10.9 Å². The van der Waals surface area contributed by atoms with E-state index in [1.807, 2.05) is 30.3 Å². The molecule has 0 aliphatic heterocycles. The van der Waals surface area contributed by atoms with Crippen LogP contribution in [-0.2, 0) is 0 Å². The van der Waals surface area contributed by atoms with Gasteiger partial charge in [0.2, 0.25) is 5.43 Å². The number of anilines is 1. The zero-order chi connectivity index (χ0) is 13.2. The van der Waals surface area contributed by atoms with Gasteiger partial charge in [0.05, 0.1) is 5.69 Å². The van der Waals surface area contributed by atoms with Crippen molar-refractivity contribution in [1.29, 1.82) is 0 Å². The van der Waals surface area contributed by atoms with Crippen LogP contribution >= 0.6 is 0 Å². The van der Waals surface area contributed by atoms with Crippen LogP contribution in [0.1, 0.15) is 0 Å². The lowest BCUT2D eigenvalue weighted by atomic mass is 10.2. The molecule has 0 heterocycles. The summed E-state index contributed by atoms with van der Waals surface area (Å²) >= 11 is 0. The Hall–Kier alpha value is -2.75. The van der Waals surface area contributed by atoms with Crippen molar-refractivity contribution in [3.05, 3.63) is 80.4 Å². The van der Waals surface area contributed by atoms with Crippen LogP contribution in [0.3, 0.4) is 0 Å². The Bertz CT molecular complexity index is 876. The van der Waals surface area contributed by atoms with E-state index in [-0.39, 0.29) is 5.36 Å². The maximum absolute atomic E-state index is 11.9. The number of rotatable bonds is 2. The lowest BCUT2D eigenvalue weighted by Gasteiger charge is -1.97. The van der Waals surface area contributed by atoms with Crippen molar-refractivity contribution >= 4 is 16.5 Å². The average Bonchev–Trinajstić information content (AvgIpc) is 2.71. The van der Waals surface area contributed by atoms with Gasteiger partial charge in [0.1, 0.15) is 5.36 Å². The van der Waals surface area contributed by atoms with Crippen molar-refractivity contribution in [3.8, 4) is 0 Å². The number of benzene rings is 2. The third kappa shape index (κ3) is 1.93. The fourth-order valence-corrected chi connectivity index (χ4v) is 1.98. The first-order valence-corrected chi connectivity index (χ1v) is 5.84. The Balaban J connectivity index is 2.18. The Labute approximate surface area is 108 Å². The molecule has 4 nitrogen and oxygen atoms in total. The molecule has 3 aromatic rings. The van der Waals surface area contributed by atoms with Gasteiger partial charge in [-0.1, -0.05) is 42.5 Å². The number of fused-ring (bicyclic) bond motifs is 1. The first-order chi connectivity index (χ1) is 9.27. The molecule has 92 valence electrons. The van der Waals surface area contributed by atoms with Gasteiger partial charge in [0.15, 0.2) is 0 Å². The minimum Gasteiger partial charge on any atom is -0.285 e. The van der Waals surface area contributed by atoms with Crippen LogP contribution in [0.2, 0.25) is 0 Å². The molecular weight excluding hydrogens is 240 g/mol. The van der Waals surface area contributed by atoms with Crippen LogP contribution in [-0.4, -0.2) is 0 Å². The molecule has 0 saturated carbocycles. The molecule has 3 rings (SSSR count). The molecule has 4 heteroatoms. The molecule has 0 unspecified atom stereocenters. The first-order valence-electron chi connectivity index (χ1n) is 5.84. The lowest BCUT2D eigenvalue weighted by Crippen LogP contribution is -2.31. The summed E-state index contributed by atoms with van der Waals surface area (Å²) in [7, 11) is 0. The quantitative estimate of drug-likeness (QED) is 0.552. The second kappa shape index (κ2) is 4.49. The summed E-state index contributed by atoms with van der Waals surface area (Å²) in [6.07, 6.45) is 0. The molecule has 0 fully saturated rings. The van der Waals surface area contributed by atoms with Crippen molar-refractivity contribution < 1.29 is 0 Å². The smallest absolute Gasteiger partial charge is 0.254 e. The number of para-hydroxylation sites is 1. The van der Waals surface area contributed by atoms with E-state index >= 15 is 0 Å². The van der Waals surface area contributed by atoms with Crippen LogP contribution in [0.4, 0.5) is 5.69 Å². The summed E-state index contributed by atoms with van der Waals surface area (Å²) in [5, 5.41) is 5.24. The van der Waals surface area contributed by atoms with E-state index in [0.29, 0.717) is 10.8 Å². The number of nitrogens with one attached hydrogen (secondary N) is 1. The number of nitrogens with zero attached hydrogens (tertiary/aromatic N) is 1. The van der Waals surface area contributed by atoms with Crippen LogP contribution in [0.5, 0.6) is 0 Å². The molecule has 0 saturated heterocycles. The molecule has 1 N–H and O–H groups in total. The molecule has 0 atom stereocenters. The highest BCUT2D eigenvalue weighted by Gasteiger charge is 2.09. The summed E-state index contributed by atoms with van der Waals surface area (Å²) < 4.78 is 0. The van der Waals surface area contributed by atoms with Crippen molar-refractivity contribution in [2.24, 2.45) is 5.10 Å². The highest BCUT2D eigenvalue weighted by Crippen LogP contribution is 2.05. The summed E-state index contributed by atoms with van der Waals surface area (Å²) in [5.74, 6) is 0. The average molecular weight is 250 g/mol. The Kier molecular flexibility index (Phi) is 2.68. The summed E-state index contributed by atoms with van der Waals surface area (Å²) in [6.45, 7) is 0. The standard InChI is InChI=1S/C15H10N2O2/c18-14-12-9-5-4-8-11(12)13(15(14)19)17-16-10-6-2-1-3-7-10/h1-9,16H/b17-13+. The topological polar surface area (TPSA) is 58.5 Å². The number of hydrogen-bond donors (Lipinski definition) is 1. The zero-order valence-electron chi connectivity index (χ0n) is 9.96. The molecule has 0 spiro atoms. The third-order valence-electron chi connectivity index (χ3n) is 2.92. The normalized spacial score (nSPS) is 11.9. The minimum absolute atomic E-state index is 0.171. The predicted octanol–water partition coefficient (Wildman–Crippen LogP) is 1.36. The van der Waals surface area contributed by atoms with Crippen LogP contribution in [0.15, 0.2) is 69.3 Å². The van der Waals surface area contributed by atoms with E-state index in [9.17, 15) is 9.59 Å². The summed E-state index contributed by atoms with van der Waals surface area (Å²) in [4.78, 5) is 23.6. The van der Waals surface area contributed by atoms with E-state index in [1.54, 1.807) is 24.3 Å². The van der Waals surface area contributed by atoms with Crippen molar-refractivity contribution in [2.75, 3.05) is 5.43 Å². The van der Waals surface area contributed by atoms with E-state index in [2.05, 4.69) is 10.5 Å². The van der Waals surface area contributed by atoms with Gasteiger partial charge in [-0.3, -0.25) is 15.0 Å². The molecule has 0 aromatic heterocycles. The number of hydrogen-bond acceptors (Lipinski definition) is 4. The minimum atomic E-state index is -0.565. The summed E-state index contributed by atoms with van der Waals surface area (Å²) in [6, 6.07) is 16.1. The molecule has 0 aliphatic carbocycles. The Morgan fingerprint density at radius 1 is 0.737 bits per heavy atom. The van der Waals surface area contributed by atoms with Gasteiger partial charge in [0.25, 0.3) is 5.43 Å². The van der Waals surface area contributed by atoms with Crippen molar-refractivity contribution in [2.45, 2.75) is 0 Å². The van der Waals surface area contributed by atoms with Gasteiger partial charge < -0.3 is 0 Å². The van der Waals surface area contributed by atoms with Crippen LogP contribution < -0.4 is 21.6 Å². The fraction of sp³-hybridized carbons (Fsp3) is 0. The molecule has 19 heavy (non-hydrogen) atoms. The first kappa shape index (κ1) is 11.3. The highest BCUT2D eigenvalue weighted by atomic mass is 16.2. The van der Waals surface area contributed by atoms with Crippen molar-refractivity contribution in [3.63, 3.8) is 0 Å².